The number of hydrogen-bond donors (Lipinski definition) is 0. The van der Waals surface area contributed by atoms with Crippen molar-refractivity contribution in [3.05, 3.63) is 0 Å². The molecule has 1 nitrogen and oxygen atoms in total. The molecular formula is C36H22F51INP. The Balaban J connectivity index is 0. The van der Waals surface area contributed by atoms with Gasteiger partial charge in [0.25, 0.3) is 0 Å². The summed E-state index contributed by atoms with van der Waals surface area (Å²) in [5.41, 5.74) is 0. The summed E-state index contributed by atoms with van der Waals surface area (Å²) in [5.74, 6) is -187. The molecule has 0 aliphatic heterocycles. The van der Waals surface area contributed by atoms with E-state index in [0.29, 0.717) is 6.07 Å². The summed E-state index contributed by atoms with van der Waals surface area (Å²) in [7, 11) is -5.59. The van der Waals surface area contributed by atoms with Crippen molar-refractivity contribution in [3.8, 4) is 6.07 Å². The molecule has 0 aliphatic rings. The molecule has 540 valence electrons. The van der Waals surface area contributed by atoms with Gasteiger partial charge in [0, 0.05) is 26.5 Å². The van der Waals surface area contributed by atoms with E-state index >= 15 is 0 Å². The molecule has 0 unspecified atom stereocenters. The van der Waals surface area contributed by atoms with Gasteiger partial charge in [0.15, 0.2) is 0 Å². The maximum absolute atomic E-state index is 14.8. The van der Waals surface area contributed by atoms with Crippen LogP contribution in [0.15, 0.2) is 0 Å². The maximum atomic E-state index is 14.8. The van der Waals surface area contributed by atoms with Crippen LogP contribution in [0.25, 0.3) is 0 Å². The van der Waals surface area contributed by atoms with E-state index in [1.165, 1.54) is 0 Å². The van der Waals surface area contributed by atoms with E-state index in [4.69, 9.17) is 5.26 Å². The fraction of sp³-hybridized carbons (Fsp3) is 0.972. The van der Waals surface area contributed by atoms with Crippen molar-refractivity contribution in [1.82, 2.24) is 0 Å². The minimum atomic E-state index is -9.41. The smallest absolute Gasteiger partial charge is 0.460 e. The third-order valence-electron chi connectivity index (χ3n) is 12.4. The number of nitriles is 1. The second-order valence-electron chi connectivity index (χ2n) is 18.4. The second-order valence-corrected chi connectivity index (χ2v) is 22.9. The van der Waals surface area contributed by atoms with Gasteiger partial charge in [-0.2, -0.15) is 229 Å². The van der Waals surface area contributed by atoms with Crippen molar-refractivity contribution in [3.63, 3.8) is 0 Å². The van der Waals surface area contributed by atoms with Gasteiger partial charge in [-0.25, -0.2) is 0 Å². The molecule has 0 fully saturated rings. The molecule has 0 N–H and O–H groups in total. The minimum absolute atomic E-state index is 0. The Hall–Kier alpha value is -2.92. The van der Waals surface area contributed by atoms with Crippen LogP contribution in [0.2, 0.25) is 0 Å². The lowest BCUT2D eigenvalue weighted by Gasteiger charge is -2.43. The number of halogens is 52. The van der Waals surface area contributed by atoms with E-state index in [2.05, 4.69) is 0 Å². The Morgan fingerprint density at radius 3 is 0.467 bits per heavy atom. The zero-order valence-corrected chi connectivity index (χ0v) is 43.9. The van der Waals surface area contributed by atoms with Crippen molar-refractivity contribution in [2.24, 2.45) is 0 Å². The summed E-state index contributed by atoms with van der Waals surface area (Å²) in [5, 5.41) is 8.94. The molecule has 54 heteroatoms. The predicted octanol–water partition coefficient (Wildman–Crippen LogP) is 17.3. The van der Waals surface area contributed by atoms with Crippen LogP contribution >= 0.6 is 7.26 Å². The number of hydrogen-bond acceptors (Lipinski definition) is 1. The molecular weight excluding hydrogens is 1570 g/mol. The largest absolute Gasteiger partial charge is 1.00 e. The molecule has 0 aliphatic carbocycles. The highest BCUT2D eigenvalue weighted by atomic mass is 127. The number of rotatable bonds is 32. The Morgan fingerprint density at radius 1 is 0.200 bits per heavy atom. The van der Waals surface area contributed by atoms with Crippen LogP contribution in [0.5, 0.6) is 0 Å². The van der Waals surface area contributed by atoms with E-state index in [0.717, 1.165) is 0 Å². The molecule has 0 saturated heterocycles. The van der Waals surface area contributed by atoms with Gasteiger partial charge in [-0.15, -0.1) is 0 Å². The van der Waals surface area contributed by atoms with Gasteiger partial charge in [0.1, 0.15) is 0 Å². The molecule has 0 rings (SSSR count). The van der Waals surface area contributed by atoms with E-state index in [-0.39, 0.29) is 24.0 Å². The first-order chi connectivity index (χ1) is 37.9. The zero-order chi connectivity index (χ0) is 73.0. The Labute approximate surface area is 479 Å². The van der Waals surface area contributed by atoms with Crippen LogP contribution in [0, 0.1) is 11.3 Å². The van der Waals surface area contributed by atoms with Crippen molar-refractivity contribution < 1.29 is 248 Å². The molecule has 0 radical (unpaired) electrons. The van der Waals surface area contributed by atoms with Crippen molar-refractivity contribution in [2.75, 3.05) is 24.6 Å². The molecule has 0 aromatic rings. The molecule has 0 bridgehead atoms. The second kappa shape index (κ2) is 24.6. The molecule has 0 atom stereocenters. The molecule has 0 saturated carbocycles. The first kappa shape index (κ1) is 89.1. The van der Waals surface area contributed by atoms with Crippen LogP contribution in [-0.4, -0.2) is 168 Å². The van der Waals surface area contributed by atoms with Crippen molar-refractivity contribution >= 4 is 7.26 Å². The summed E-state index contributed by atoms with van der Waals surface area (Å²) in [6, 6.07) is 0.671. The maximum Gasteiger partial charge on any atom is 0.460 e. The fourth-order valence-electron chi connectivity index (χ4n) is 6.93. The third-order valence-corrected chi connectivity index (χ3v) is 17.4. The fourth-order valence-corrected chi connectivity index (χ4v) is 11.3. The zero-order valence-electron chi connectivity index (χ0n) is 40.8. The van der Waals surface area contributed by atoms with Gasteiger partial charge in [0.2, 0.25) is 0 Å². The lowest BCUT2D eigenvalue weighted by atomic mass is 9.88. The van der Waals surface area contributed by atoms with Gasteiger partial charge in [-0.3, -0.25) is 0 Å². The number of nitrogens with zero attached hydrogens (tertiary/aromatic N) is 1. The monoisotopic (exact) mass is 1590 g/mol. The average Bonchev–Trinajstić information content (AvgIpc) is 3.30. The number of alkyl halides is 51. The van der Waals surface area contributed by atoms with Crippen LogP contribution < -0.4 is 24.0 Å². The third kappa shape index (κ3) is 13.0. The molecule has 0 aromatic carbocycles. The van der Waals surface area contributed by atoms with Gasteiger partial charge < -0.3 is 24.0 Å². The van der Waals surface area contributed by atoms with Gasteiger partial charge in [-0.05, 0) is 19.3 Å². The van der Waals surface area contributed by atoms with Crippen LogP contribution in [0.1, 0.15) is 44.9 Å². The van der Waals surface area contributed by atoms with Gasteiger partial charge in [-0.1, -0.05) is 0 Å². The molecule has 0 amide bonds. The van der Waals surface area contributed by atoms with Crippen molar-refractivity contribution in [2.45, 2.75) is 188 Å². The lowest BCUT2D eigenvalue weighted by Crippen LogP contribution is -3.00. The summed E-state index contributed by atoms with van der Waals surface area (Å²) in [4.78, 5) is 0. The summed E-state index contributed by atoms with van der Waals surface area (Å²) < 4.78 is 704. The van der Waals surface area contributed by atoms with Crippen molar-refractivity contribution in [1.29, 1.82) is 5.26 Å². The molecule has 0 heterocycles. The average molecular weight is 1600 g/mol. The topological polar surface area (TPSA) is 23.8 Å². The Morgan fingerprint density at radius 2 is 0.333 bits per heavy atom. The standard InChI is InChI=1S/C36H22F51NP.HI/c37-13(38,16(43,44)19(49,50)22(55,56)25(61,62)28(67,68)31(73,74)34(79,80)81)5-1-9-89(12-4-8-88,10-2-6-14(39,40)17(45,46)20(51,52)23(57,58)26(63,64)29(69,70)32(75,76)35(82,83)84)11-3-7-15(41,42)18(47,48)21(53,54)24(59,60)27(65,66)30(71,72)33(77,78)36(85,86)87;/h1-7,9-12H2;1H/q+1;/p-1. The highest BCUT2D eigenvalue weighted by Gasteiger charge is 2.98. The Bertz CT molecular complexity index is 2200. The summed E-state index contributed by atoms with van der Waals surface area (Å²) in [6.45, 7) is 0. The van der Waals surface area contributed by atoms with E-state index in [9.17, 15) is 224 Å². The first-order valence-corrected chi connectivity index (χ1v) is 23.8. The summed E-state index contributed by atoms with van der Waals surface area (Å²) in [6.07, 6.45) is -56.7. The highest BCUT2D eigenvalue weighted by molar-refractivity contribution is 7.75. The van der Waals surface area contributed by atoms with E-state index in [1.807, 2.05) is 0 Å². The molecule has 90 heavy (non-hydrogen) atoms. The lowest BCUT2D eigenvalue weighted by molar-refractivity contribution is -0.461. The van der Waals surface area contributed by atoms with E-state index in [1.54, 1.807) is 0 Å². The summed E-state index contributed by atoms with van der Waals surface area (Å²) >= 11 is 0. The highest BCUT2D eigenvalue weighted by Crippen LogP contribution is 2.70. The SMILES string of the molecule is N#CCC[P+](CCCC(F)(F)C(F)(F)C(F)(F)C(F)(F)C(F)(F)C(F)(F)C(F)(F)C(F)(F)F)(CCCC(F)(F)C(F)(F)C(F)(F)C(F)(F)C(F)(F)C(F)(F)C(F)(F)C(F)(F)F)CCCC(F)(F)C(F)(F)C(F)(F)C(F)(F)C(F)(F)C(F)(F)C(F)(F)C(F)(F)F.[I-]. The quantitative estimate of drug-likeness (QED) is 0.0374. The minimum Gasteiger partial charge on any atom is -1.00 e. The van der Waals surface area contributed by atoms with Gasteiger partial charge >= 0.3 is 143 Å². The first-order valence-electron chi connectivity index (χ1n) is 21.3. The molecule has 0 aromatic heterocycles. The predicted molar refractivity (Wildman–Crippen MR) is 186 cm³/mol. The van der Waals surface area contributed by atoms with Crippen LogP contribution in [0.4, 0.5) is 224 Å². The Kier molecular flexibility index (Phi) is 24.4. The molecule has 0 spiro atoms. The van der Waals surface area contributed by atoms with Gasteiger partial charge in [0.05, 0.1) is 37.1 Å². The van der Waals surface area contributed by atoms with Crippen LogP contribution in [-0.2, 0) is 0 Å². The normalized spacial score (nSPS) is 16.6. The van der Waals surface area contributed by atoms with Crippen LogP contribution in [0.3, 0.4) is 0 Å². The van der Waals surface area contributed by atoms with E-state index < -0.39 is 220 Å².